The Hall–Kier alpha value is -2.35. The minimum atomic E-state index is -0.280. The third-order valence-electron chi connectivity index (χ3n) is 5.47. The second kappa shape index (κ2) is 10.1. The van der Waals surface area contributed by atoms with Crippen LogP contribution < -0.4 is 10.6 Å². The van der Waals surface area contributed by atoms with Crippen molar-refractivity contribution in [2.75, 3.05) is 5.75 Å². The molecule has 1 aliphatic rings. The summed E-state index contributed by atoms with van der Waals surface area (Å²) in [6.45, 7) is 6.07. The number of amides is 2. The van der Waals surface area contributed by atoms with E-state index < -0.39 is 0 Å². The van der Waals surface area contributed by atoms with Gasteiger partial charge in [0.25, 0.3) is 5.91 Å². The van der Waals surface area contributed by atoms with Gasteiger partial charge in [-0.3, -0.25) is 9.59 Å². The smallest absolute Gasteiger partial charge is 0.251 e. The lowest BCUT2D eigenvalue weighted by atomic mass is 10.0. The van der Waals surface area contributed by atoms with E-state index in [4.69, 9.17) is 0 Å². The van der Waals surface area contributed by atoms with Crippen molar-refractivity contribution in [1.82, 2.24) is 25.4 Å². The molecule has 7 nitrogen and oxygen atoms in total. The first-order chi connectivity index (χ1) is 14.3. The molecule has 0 unspecified atom stereocenters. The Labute approximate surface area is 182 Å². The van der Waals surface area contributed by atoms with E-state index in [1.807, 2.05) is 56.7 Å². The molecule has 1 aromatic heterocycles. The second-order valence-electron chi connectivity index (χ2n) is 8.30. The Kier molecular flexibility index (Phi) is 7.53. The van der Waals surface area contributed by atoms with Gasteiger partial charge in [-0.1, -0.05) is 56.1 Å². The highest BCUT2D eigenvalue weighted by Crippen LogP contribution is 2.25. The molecule has 162 valence electrons. The normalized spacial score (nSPS) is 15.4. The van der Waals surface area contributed by atoms with Crippen molar-refractivity contribution in [2.45, 2.75) is 63.7 Å². The third-order valence-corrected chi connectivity index (χ3v) is 6.49. The molecule has 1 saturated carbocycles. The number of thioether (sulfide) groups is 1. The topological polar surface area (TPSA) is 88.9 Å². The average molecular weight is 430 g/mol. The maximum Gasteiger partial charge on any atom is 0.251 e. The number of hydrogen-bond acceptors (Lipinski definition) is 5. The fourth-order valence-electron chi connectivity index (χ4n) is 3.65. The maximum atomic E-state index is 12.7. The summed E-state index contributed by atoms with van der Waals surface area (Å²) in [6, 6.07) is 7.53. The van der Waals surface area contributed by atoms with E-state index in [1.54, 1.807) is 0 Å². The lowest BCUT2D eigenvalue weighted by Crippen LogP contribution is -2.34. The van der Waals surface area contributed by atoms with Gasteiger partial charge in [0.15, 0.2) is 11.0 Å². The Bertz CT molecular complexity index is 872. The second-order valence-corrected chi connectivity index (χ2v) is 9.24. The van der Waals surface area contributed by atoms with Crippen LogP contribution in [0, 0.1) is 12.8 Å². The first-order valence-corrected chi connectivity index (χ1v) is 11.5. The van der Waals surface area contributed by atoms with Gasteiger partial charge in [0, 0.05) is 18.7 Å². The number of carbonyl (C=O) groups is 2. The van der Waals surface area contributed by atoms with E-state index in [2.05, 4.69) is 20.8 Å². The van der Waals surface area contributed by atoms with Gasteiger partial charge in [0.2, 0.25) is 5.91 Å². The van der Waals surface area contributed by atoms with Crippen LogP contribution in [0.3, 0.4) is 0 Å². The lowest BCUT2D eigenvalue weighted by Gasteiger charge is -2.21. The summed E-state index contributed by atoms with van der Waals surface area (Å²) in [5.74, 6) is 1.02. The molecule has 3 rings (SSSR count). The molecule has 2 aromatic rings. The van der Waals surface area contributed by atoms with E-state index in [1.165, 1.54) is 24.6 Å². The van der Waals surface area contributed by atoms with Gasteiger partial charge in [0.05, 0.1) is 11.8 Å². The van der Waals surface area contributed by atoms with Gasteiger partial charge >= 0.3 is 0 Å². The number of rotatable bonds is 8. The fraction of sp³-hybridized carbons (Fsp3) is 0.545. The molecule has 2 amide bonds. The van der Waals surface area contributed by atoms with Crippen molar-refractivity contribution in [1.29, 1.82) is 0 Å². The number of carbonyl (C=O) groups excluding carboxylic acids is 2. The number of hydrogen-bond donors (Lipinski definition) is 2. The molecule has 0 radical (unpaired) electrons. The largest absolute Gasteiger partial charge is 0.353 e. The summed E-state index contributed by atoms with van der Waals surface area (Å²) in [5.41, 5.74) is 1.73. The molecular formula is C22H31N5O2S. The van der Waals surface area contributed by atoms with Gasteiger partial charge in [-0.25, -0.2) is 0 Å². The Morgan fingerprint density at radius 3 is 2.47 bits per heavy atom. The van der Waals surface area contributed by atoms with E-state index in [-0.39, 0.29) is 23.8 Å². The Balaban J connectivity index is 1.64. The van der Waals surface area contributed by atoms with Crippen LogP contribution in [0.1, 0.15) is 67.3 Å². The molecule has 1 atom stereocenters. The van der Waals surface area contributed by atoms with Crippen LogP contribution in [0.25, 0.3) is 0 Å². The van der Waals surface area contributed by atoms with Crippen molar-refractivity contribution in [3.8, 4) is 0 Å². The summed E-state index contributed by atoms with van der Waals surface area (Å²) >= 11 is 1.37. The van der Waals surface area contributed by atoms with E-state index in [9.17, 15) is 9.59 Å². The zero-order chi connectivity index (χ0) is 21.7. The molecule has 0 spiro atoms. The van der Waals surface area contributed by atoms with Gasteiger partial charge in [-0.2, -0.15) is 0 Å². The van der Waals surface area contributed by atoms with E-state index in [0.717, 1.165) is 18.4 Å². The predicted molar refractivity (Wildman–Crippen MR) is 118 cm³/mol. The quantitative estimate of drug-likeness (QED) is 0.628. The molecule has 0 aliphatic heterocycles. The van der Waals surface area contributed by atoms with E-state index in [0.29, 0.717) is 28.3 Å². The highest BCUT2D eigenvalue weighted by molar-refractivity contribution is 7.99. The SMILES string of the molecule is Cc1ccc(C(=O)N[C@@H](c2nnc(SCC(=O)NC3CCCC3)n2C)C(C)C)cc1. The minimum absolute atomic E-state index is 0.0320. The van der Waals surface area contributed by atoms with Crippen LogP contribution in [0.5, 0.6) is 0 Å². The van der Waals surface area contributed by atoms with Crippen LogP contribution in [0.2, 0.25) is 0 Å². The molecule has 1 aliphatic carbocycles. The zero-order valence-corrected chi connectivity index (χ0v) is 19.0. The lowest BCUT2D eigenvalue weighted by molar-refractivity contribution is -0.119. The van der Waals surface area contributed by atoms with Gasteiger partial charge in [-0.05, 0) is 37.8 Å². The number of benzene rings is 1. The van der Waals surface area contributed by atoms with Crippen LogP contribution in [0.4, 0.5) is 0 Å². The third kappa shape index (κ3) is 5.62. The van der Waals surface area contributed by atoms with Gasteiger partial charge in [0.1, 0.15) is 0 Å². The molecule has 0 bridgehead atoms. The number of nitrogens with one attached hydrogen (secondary N) is 2. The Morgan fingerprint density at radius 2 is 1.83 bits per heavy atom. The molecule has 1 fully saturated rings. The predicted octanol–water partition coefficient (Wildman–Crippen LogP) is 3.40. The van der Waals surface area contributed by atoms with Crippen LogP contribution >= 0.6 is 11.8 Å². The minimum Gasteiger partial charge on any atom is -0.353 e. The molecule has 8 heteroatoms. The number of aryl methyl sites for hydroxylation is 1. The van der Waals surface area contributed by atoms with Crippen LogP contribution in [-0.2, 0) is 11.8 Å². The van der Waals surface area contributed by atoms with Crippen molar-refractivity contribution < 1.29 is 9.59 Å². The van der Waals surface area contributed by atoms with Crippen LogP contribution in [0.15, 0.2) is 29.4 Å². The fourth-order valence-corrected chi connectivity index (χ4v) is 4.38. The molecule has 2 N–H and O–H groups in total. The van der Waals surface area contributed by atoms with Crippen molar-refractivity contribution in [3.05, 3.63) is 41.2 Å². The molecule has 30 heavy (non-hydrogen) atoms. The average Bonchev–Trinajstić information content (AvgIpc) is 3.34. The van der Waals surface area contributed by atoms with Crippen molar-refractivity contribution in [3.63, 3.8) is 0 Å². The van der Waals surface area contributed by atoms with Crippen LogP contribution in [-0.4, -0.2) is 38.4 Å². The summed E-state index contributed by atoms with van der Waals surface area (Å²) in [5, 5.41) is 15.4. The van der Waals surface area contributed by atoms with Gasteiger partial charge in [-0.15, -0.1) is 10.2 Å². The summed E-state index contributed by atoms with van der Waals surface area (Å²) < 4.78 is 1.87. The summed E-state index contributed by atoms with van der Waals surface area (Å²) in [6.07, 6.45) is 4.52. The number of nitrogens with zero attached hydrogens (tertiary/aromatic N) is 3. The molecule has 0 saturated heterocycles. The first kappa shape index (κ1) is 22.3. The highest BCUT2D eigenvalue weighted by Gasteiger charge is 2.25. The standard InChI is InChI=1S/C22H31N5O2S/c1-14(2)19(24-21(29)16-11-9-15(3)10-12-16)20-25-26-22(27(20)4)30-13-18(28)23-17-7-5-6-8-17/h9-12,14,17,19H,5-8,13H2,1-4H3,(H,23,28)(H,24,29)/t19-/m1/s1. The summed E-state index contributed by atoms with van der Waals surface area (Å²) in [7, 11) is 1.87. The van der Waals surface area contributed by atoms with Gasteiger partial charge < -0.3 is 15.2 Å². The molecule has 1 aromatic carbocycles. The maximum absolute atomic E-state index is 12.7. The summed E-state index contributed by atoms with van der Waals surface area (Å²) in [4.78, 5) is 24.9. The number of aromatic nitrogens is 3. The van der Waals surface area contributed by atoms with Crippen molar-refractivity contribution in [2.24, 2.45) is 13.0 Å². The Morgan fingerprint density at radius 1 is 1.17 bits per heavy atom. The van der Waals surface area contributed by atoms with Crippen molar-refractivity contribution >= 4 is 23.6 Å². The molecule has 1 heterocycles. The zero-order valence-electron chi connectivity index (χ0n) is 18.1. The highest BCUT2D eigenvalue weighted by atomic mass is 32.2. The molecular weight excluding hydrogens is 398 g/mol. The monoisotopic (exact) mass is 429 g/mol. The first-order valence-electron chi connectivity index (χ1n) is 10.5. The van der Waals surface area contributed by atoms with E-state index >= 15 is 0 Å².